The SMILES string of the molecule is CCC(CC)N(CC(C)C)c1c(C)cccc1C#N. The normalized spacial score (nSPS) is 10.8. The first kappa shape index (κ1) is 15.6. The maximum Gasteiger partial charge on any atom is 0.101 e. The fraction of sp³-hybridized carbons (Fsp3) is 0.588. The quantitative estimate of drug-likeness (QED) is 0.750. The van der Waals surface area contributed by atoms with Crippen LogP contribution in [0.1, 0.15) is 51.7 Å². The van der Waals surface area contributed by atoms with Gasteiger partial charge in [-0.25, -0.2) is 0 Å². The van der Waals surface area contributed by atoms with Gasteiger partial charge in [-0.1, -0.05) is 39.8 Å². The summed E-state index contributed by atoms with van der Waals surface area (Å²) in [6, 6.07) is 8.86. The number of anilines is 1. The zero-order valence-corrected chi connectivity index (χ0v) is 12.9. The van der Waals surface area contributed by atoms with Crippen molar-refractivity contribution in [2.24, 2.45) is 5.92 Å². The van der Waals surface area contributed by atoms with Gasteiger partial charge in [0.1, 0.15) is 6.07 Å². The molecule has 1 rings (SSSR count). The van der Waals surface area contributed by atoms with Gasteiger partial charge >= 0.3 is 0 Å². The largest absolute Gasteiger partial charge is 0.367 e. The molecule has 0 aliphatic carbocycles. The van der Waals surface area contributed by atoms with E-state index in [0.29, 0.717) is 12.0 Å². The summed E-state index contributed by atoms with van der Waals surface area (Å²) < 4.78 is 0. The average molecular weight is 258 g/mol. The van der Waals surface area contributed by atoms with Crippen molar-refractivity contribution < 1.29 is 0 Å². The zero-order chi connectivity index (χ0) is 14.4. The molecule has 2 nitrogen and oxygen atoms in total. The van der Waals surface area contributed by atoms with Crippen LogP contribution in [0.5, 0.6) is 0 Å². The Balaban J connectivity index is 3.28. The Labute approximate surface area is 118 Å². The highest BCUT2D eigenvalue weighted by Crippen LogP contribution is 2.29. The van der Waals surface area contributed by atoms with E-state index in [-0.39, 0.29) is 0 Å². The molecule has 0 atom stereocenters. The molecule has 1 aromatic rings. The summed E-state index contributed by atoms with van der Waals surface area (Å²) in [6.07, 6.45) is 2.23. The summed E-state index contributed by atoms with van der Waals surface area (Å²) >= 11 is 0. The molecule has 0 radical (unpaired) electrons. The molecule has 0 aliphatic heterocycles. The number of para-hydroxylation sites is 1. The van der Waals surface area contributed by atoms with Gasteiger partial charge in [0.15, 0.2) is 0 Å². The third-order valence-corrected chi connectivity index (χ3v) is 3.59. The molecule has 0 heterocycles. The second-order valence-electron chi connectivity index (χ2n) is 5.60. The number of hydrogen-bond acceptors (Lipinski definition) is 2. The Morgan fingerprint density at radius 1 is 1.21 bits per heavy atom. The fourth-order valence-corrected chi connectivity index (χ4v) is 2.68. The molecule has 0 N–H and O–H groups in total. The van der Waals surface area contributed by atoms with Crippen molar-refractivity contribution in [3.63, 3.8) is 0 Å². The molecule has 0 aliphatic rings. The van der Waals surface area contributed by atoms with E-state index in [4.69, 9.17) is 0 Å². The molecular formula is C17H26N2. The third-order valence-electron chi connectivity index (χ3n) is 3.59. The maximum absolute atomic E-state index is 9.38. The second-order valence-corrected chi connectivity index (χ2v) is 5.60. The highest BCUT2D eigenvalue weighted by molar-refractivity contribution is 5.64. The standard InChI is InChI=1S/C17H26N2/c1-6-16(7-2)19(12-13(3)4)17-14(5)9-8-10-15(17)11-18/h8-10,13,16H,6-7,12H2,1-5H3. The van der Waals surface area contributed by atoms with Gasteiger partial charge in [-0.2, -0.15) is 5.26 Å². The minimum atomic E-state index is 0.510. The molecule has 0 bridgehead atoms. The average Bonchev–Trinajstić information content (AvgIpc) is 2.38. The van der Waals surface area contributed by atoms with Crippen molar-refractivity contribution in [1.82, 2.24) is 0 Å². The lowest BCUT2D eigenvalue weighted by Gasteiger charge is -2.35. The van der Waals surface area contributed by atoms with Crippen LogP contribution in [0.25, 0.3) is 0 Å². The molecule has 0 unspecified atom stereocenters. The number of aryl methyl sites for hydroxylation is 1. The topological polar surface area (TPSA) is 27.0 Å². The van der Waals surface area contributed by atoms with E-state index >= 15 is 0 Å². The molecule has 19 heavy (non-hydrogen) atoms. The van der Waals surface area contributed by atoms with E-state index in [1.807, 2.05) is 12.1 Å². The van der Waals surface area contributed by atoms with Crippen LogP contribution >= 0.6 is 0 Å². The molecule has 0 saturated heterocycles. The van der Waals surface area contributed by atoms with Gasteiger partial charge in [0.2, 0.25) is 0 Å². The Kier molecular flexibility index (Phi) is 5.89. The van der Waals surface area contributed by atoms with Crippen LogP contribution in [-0.4, -0.2) is 12.6 Å². The third kappa shape index (κ3) is 3.73. The van der Waals surface area contributed by atoms with Crippen LogP contribution in [0, 0.1) is 24.2 Å². The molecule has 104 valence electrons. The Bertz CT molecular complexity index is 439. The lowest BCUT2D eigenvalue weighted by Crippen LogP contribution is -2.38. The van der Waals surface area contributed by atoms with E-state index in [1.165, 1.54) is 5.56 Å². The predicted octanol–water partition coefficient (Wildman–Crippen LogP) is 4.52. The number of rotatable bonds is 6. The number of nitrogens with zero attached hydrogens (tertiary/aromatic N) is 2. The molecule has 0 saturated carbocycles. The predicted molar refractivity (Wildman–Crippen MR) is 82.4 cm³/mol. The van der Waals surface area contributed by atoms with Gasteiger partial charge in [-0.05, 0) is 37.3 Å². The smallest absolute Gasteiger partial charge is 0.101 e. The van der Waals surface area contributed by atoms with Crippen LogP contribution in [0.15, 0.2) is 18.2 Å². The molecule has 0 fully saturated rings. The van der Waals surface area contributed by atoms with Crippen molar-refractivity contribution in [2.75, 3.05) is 11.4 Å². The summed E-state index contributed by atoms with van der Waals surface area (Å²) in [4.78, 5) is 2.44. The number of benzene rings is 1. The van der Waals surface area contributed by atoms with E-state index in [0.717, 1.165) is 30.6 Å². The summed E-state index contributed by atoms with van der Waals surface area (Å²) in [5, 5.41) is 9.38. The number of nitriles is 1. The first-order valence-electron chi connectivity index (χ1n) is 7.31. The van der Waals surface area contributed by atoms with Gasteiger partial charge in [0.25, 0.3) is 0 Å². The molecule has 0 aromatic heterocycles. The van der Waals surface area contributed by atoms with Crippen LogP contribution in [0.4, 0.5) is 5.69 Å². The lowest BCUT2D eigenvalue weighted by atomic mass is 10.0. The van der Waals surface area contributed by atoms with E-state index in [1.54, 1.807) is 0 Å². The van der Waals surface area contributed by atoms with E-state index < -0.39 is 0 Å². The first-order chi connectivity index (χ1) is 9.04. The Morgan fingerprint density at radius 2 is 1.84 bits per heavy atom. The molecule has 1 aromatic carbocycles. The van der Waals surface area contributed by atoms with Gasteiger partial charge < -0.3 is 4.90 Å². The van der Waals surface area contributed by atoms with Crippen LogP contribution < -0.4 is 4.90 Å². The van der Waals surface area contributed by atoms with Gasteiger partial charge in [0, 0.05) is 12.6 Å². The Hall–Kier alpha value is -1.49. The van der Waals surface area contributed by atoms with E-state index in [2.05, 4.69) is 51.7 Å². The van der Waals surface area contributed by atoms with E-state index in [9.17, 15) is 5.26 Å². The van der Waals surface area contributed by atoms with Crippen molar-refractivity contribution in [1.29, 1.82) is 5.26 Å². The molecule has 0 amide bonds. The minimum absolute atomic E-state index is 0.510. The summed E-state index contributed by atoms with van der Waals surface area (Å²) in [5.74, 6) is 0.590. The second kappa shape index (κ2) is 7.19. The summed E-state index contributed by atoms with van der Waals surface area (Å²) in [6.45, 7) is 12.0. The van der Waals surface area contributed by atoms with Crippen molar-refractivity contribution >= 4 is 5.69 Å². The Morgan fingerprint density at radius 3 is 2.32 bits per heavy atom. The monoisotopic (exact) mass is 258 g/mol. The van der Waals surface area contributed by atoms with Gasteiger partial charge in [-0.15, -0.1) is 0 Å². The van der Waals surface area contributed by atoms with Crippen molar-refractivity contribution in [3.8, 4) is 6.07 Å². The van der Waals surface area contributed by atoms with Crippen LogP contribution in [0.3, 0.4) is 0 Å². The lowest BCUT2D eigenvalue weighted by molar-refractivity contribution is 0.506. The number of hydrogen-bond donors (Lipinski definition) is 0. The summed E-state index contributed by atoms with van der Waals surface area (Å²) in [7, 11) is 0. The minimum Gasteiger partial charge on any atom is -0.367 e. The van der Waals surface area contributed by atoms with Gasteiger partial charge in [0.05, 0.1) is 11.3 Å². The van der Waals surface area contributed by atoms with Crippen LogP contribution in [0.2, 0.25) is 0 Å². The van der Waals surface area contributed by atoms with Crippen molar-refractivity contribution in [2.45, 2.75) is 53.5 Å². The summed E-state index contributed by atoms with van der Waals surface area (Å²) in [5.41, 5.74) is 3.13. The fourth-order valence-electron chi connectivity index (χ4n) is 2.68. The molecule has 2 heteroatoms. The zero-order valence-electron chi connectivity index (χ0n) is 12.9. The highest BCUT2D eigenvalue weighted by Gasteiger charge is 2.21. The molecular weight excluding hydrogens is 232 g/mol. The first-order valence-corrected chi connectivity index (χ1v) is 7.31. The molecule has 0 spiro atoms. The van der Waals surface area contributed by atoms with Crippen LogP contribution in [-0.2, 0) is 0 Å². The highest BCUT2D eigenvalue weighted by atomic mass is 15.2. The maximum atomic E-state index is 9.38. The van der Waals surface area contributed by atoms with Crippen molar-refractivity contribution in [3.05, 3.63) is 29.3 Å². The van der Waals surface area contributed by atoms with Gasteiger partial charge in [-0.3, -0.25) is 0 Å².